The highest BCUT2D eigenvalue weighted by atomic mass is 79.9. The van der Waals surface area contributed by atoms with Gasteiger partial charge in [0.25, 0.3) is 11.7 Å². The van der Waals surface area contributed by atoms with Crippen molar-refractivity contribution in [3.05, 3.63) is 22.2 Å². The van der Waals surface area contributed by atoms with E-state index in [0.29, 0.717) is 4.47 Å². The number of methoxy groups -OCH3 is 2. The van der Waals surface area contributed by atoms with Gasteiger partial charge in [0.2, 0.25) is 5.91 Å². The van der Waals surface area contributed by atoms with Crippen LogP contribution in [-0.2, 0) is 10.6 Å². The Kier molecular flexibility index (Phi) is 10.2. The molecule has 0 aliphatic rings. The Labute approximate surface area is 167 Å². The van der Waals surface area contributed by atoms with Crippen LogP contribution in [0.15, 0.2) is 16.6 Å². The van der Waals surface area contributed by atoms with Crippen molar-refractivity contribution >= 4 is 21.8 Å². The third-order valence-corrected chi connectivity index (χ3v) is 4.08. The van der Waals surface area contributed by atoms with E-state index in [9.17, 15) is 25.2 Å². The lowest BCUT2D eigenvalue weighted by atomic mass is 10.0. The third-order valence-electron chi connectivity index (χ3n) is 3.46. The van der Waals surface area contributed by atoms with Gasteiger partial charge in [0.1, 0.15) is 11.5 Å². The van der Waals surface area contributed by atoms with Crippen LogP contribution in [0, 0.1) is 5.92 Å². The molecule has 0 radical (unpaired) electrons. The van der Waals surface area contributed by atoms with E-state index in [0.717, 1.165) is 0 Å². The molecule has 0 bridgehead atoms. The zero-order valence-corrected chi connectivity index (χ0v) is 17.9. The molecular weight excluding hydrogens is 424 g/mol. The highest BCUT2D eigenvalue weighted by Gasteiger charge is 2.51. The molecule has 6 N–H and O–H groups in total. The van der Waals surface area contributed by atoms with Crippen molar-refractivity contribution in [2.45, 2.75) is 39.4 Å². The molecule has 0 aromatic heterocycles. The van der Waals surface area contributed by atoms with Gasteiger partial charge in [0.05, 0.1) is 30.9 Å². The minimum Gasteiger partial charge on any atom is -0.496 e. The van der Waals surface area contributed by atoms with Crippen molar-refractivity contribution in [1.82, 2.24) is 10.6 Å². The molecule has 1 rings (SSSR count). The molecule has 0 heterocycles. The zero-order chi connectivity index (χ0) is 21.4. The number of amides is 1. The number of hydrogen-bond donors (Lipinski definition) is 6. The minimum atomic E-state index is -3.20. The van der Waals surface area contributed by atoms with E-state index >= 15 is 0 Å². The van der Waals surface area contributed by atoms with Crippen molar-refractivity contribution in [2.24, 2.45) is 5.92 Å². The van der Waals surface area contributed by atoms with Crippen LogP contribution in [0.3, 0.4) is 0 Å². The van der Waals surface area contributed by atoms with Crippen LogP contribution in [0.25, 0.3) is 0 Å². The predicted molar refractivity (Wildman–Crippen MR) is 103 cm³/mol. The van der Waals surface area contributed by atoms with Crippen LogP contribution in [0.4, 0.5) is 0 Å². The Hall–Kier alpha value is -1.43. The van der Waals surface area contributed by atoms with Crippen molar-refractivity contribution < 1.29 is 34.7 Å². The van der Waals surface area contributed by atoms with Gasteiger partial charge in [-0.2, -0.15) is 0 Å². The van der Waals surface area contributed by atoms with Gasteiger partial charge in [-0.3, -0.25) is 4.79 Å². The molecule has 27 heavy (non-hydrogen) atoms. The second kappa shape index (κ2) is 10.8. The first kappa shape index (κ1) is 25.6. The first-order valence-corrected chi connectivity index (χ1v) is 9.11. The molecule has 0 unspecified atom stereocenters. The lowest BCUT2D eigenvalue weighted by Gasteiger charge is -2.36. The predicted octanol–water partition coefficient (Wildman–Crippen LogP) is 0.588. The average molecular weight is 453 g/mol. The number of ether oxygens (including phenoxy) is 2. The van der Waals surface area contributed by atoms with Crippen LogP contribution in [-0.4, -0.2) is 53.1 Å². The molecule has 0 atom stereocenters. The number of carbonyl (C=O) groups excluding carboxylic acids is 1. The van der Waals surface area contributed by atoms with Gasteiger partial charge in [-0.25, -0.2) is 5.32 Å². The van der Waals surface area contributed by atoms with Gasteiger partial charge in [-0.1, -0.05) is 27.7 Å². The summed E-state index contributed by atoms with van der Waals surface area (Å²) in [6.45, 7) is 6.90. The molecule has 0 fully saturated rings. The molecule has 10 heteroatoms. The van der Waals surface area contributed by atoms with E-state index in [-0.39, 0.29) is 28.9 Å². The number of carbonyl (C=O) groups is 1. The normalized spacial score (nSPS) is 11.6. The van der Waals surface area contributed by atoms with Gasteiger partial charge in [0.15, 0.2) is 0 Å². The number of rotatable bonds is 8. The summed E-state index contributed by atoms with van der Waals surface area (Å²) in [5, 5.41) is 45.3. The van der Waals surface area contributed by atoms with Crippen molar-refractivity contribution in [2.75, 3.05) is 20.9 Å². The van der Waals surface area contributed by atoms with Crippen LogP contribution >= 0.6 is 15.9 Å². The van der Waals surface area contributed by atoms with E-state index in [1.165, 1.54) is 26.4 Å². The van der Waals surface area contributed by atoms with E-state index in [4.69, 9.17) is 9.47 Å². The maximum Gasteiger partial charge on any atom is 0.285 e. The van der Waals surface area contributed by atoms with E-state index in [2.05, 4.69) is 26.6 Å². The van der Waals surface area contributed by atoms with E-state index < -0.39 is 18.4 Å². The summed E-state index contributed by atoms with van der Waals surface area (Å²) in [6.07, 6.45) is 0. The molecular formula is C17H29BrN2O7. The monoisotopic (exact) mass is 452 g/mol. The minimum absolute atomic E-state index is 0.0295. The van der Waals surface area contributed by atoms with E-state index in [1.807, 2.05) is 13.8 Å². The smallest absolute Gasteiger partial charge is 0.285 e. The molecule has 1 aromatic carbocycles. The molecule has 0 aliphatic heterocycles. The maximum atomic E-state index is 11.5. The summed E-state index contributed by atoms with van der Waals surface area (Å²) in [7, 11) is 2.64. The van der Waals surface area contributed by atoms with Crippen LogP contribution in [0.1, 0.15) is 33.3 Å². The molecule has 1 aromatic rings. The van der Waals surface area contributed by atoms with Gasteiger partial charge < -0.3 is 35.2 Å². The fraction of sp³-hybridized carbons (Fsp3) is 0.588. The topological polar surface area (TPSA) is 141 Å². The van der Waals surface area contributed by atoms with Crippen molar-refractivity contribution in [1.29, 1.82) is 0 Å². The molecule has 9 nitrogen and oxygen atoms in total. The number of benzene rings is 1. The van der Waals surface area contributed by atoms with Gasteiger partial charge in [0, 0.05) is 5.92 Å². The Morgan fingerprint density at radius 2 is 1.63 bits per heavy atom. The molecule has 0 aliphatic carbocycles. The van der Waals surface area contributed by atoms with Gasteiger partial charge in [-0.15, -0.1) is 0 Å². The highest BCUT2D eigenvalue weighted by Crippen LogP contribution is 2.40. The van der Waals surface area contributed by atoms with Crippen LogP contribution in [0.2, 0.25) is 0 Å². The van der Waals surface area contributed by atoms with Gasteiger partial charge in [-0.05, 0) is 28.1 Å². The van der Waals surface area contributed by atoms with Gasteiger partial charge >= 0.3 is 0 Å². The number of halogens is 1. The Morgan fingerprint density at radius 1 is 1.11 bits per heavy atom. The van der Waals surface area contributed by atoms with Crippen molar-refractivity contribution in [3.8, 4) is 11.5 Å². The van der Waals surface area contributed by atoms with Crippen molar-refractivity contribution in [3.63, 3.8) is 0 Å². The summed E-state index contributed by atoms with van der Waals surface area (Å²) in [6, 6.07) is 2.56. The lowest BCUT2D eigenvalue weighted by molar-refractivity contribution is -0.379. The fourth-order valence-electron chi connectivity index (χ4n) is 1.90. The summed E-state index contributed by atoms with van der Waals surface area (Å²) in [4.78, 5) is 11.5. The molecule has 0 saturated heterocycles. The zero-order valence-electron chi connectivity index (χ0n) is 16.3. The second-order valence-corrected chi connectivity index (χ2v) is 6.44. The quantitative estimate of drug-likeness (QED) is 0.314. The van der Waals surface area contributed by atoms with E-state index in [1.54, 1.807) is 13.8 Å². The summed E-state index contributed by atoms with van der Waals surface area (Å²) in [5.74, 6) is -6.88. The lowest BCUT2D eigenvalue weighted by Crippen LogP contribution is -2.63. The summed E-state index contributed by atoms with van der Waals surface area (Å²) in [5.41, 5.74) is -0.359. The third kappa shape index (κ3) is 6.30. The first-order chi connectivity index (χ1) is 12.5. The Balaban J connectivity index is 0.00000326. The number of nitrogens with one attached hydrogen (secondary N) is 2. The SMILES string of the molecule is CC.COc1cc(C(O)(O)C(O)(O)NCNC(=O)C(C)C)c(OC)cc1Br. The molecule has 1 amide bonds. The Morgan fingerprint density at radius 3 is 2.07 bits per heavy atom. The fourth-order valence-corrected chi connectivity index (χ4v) is 2.39. The second-order valence-electron chi connectivity index (χ2n) is 5.58. The van der Waals surface area contributed by atoms with Crippen LogP contribution < -0.4 is 20.1 Å². The largest absolute Gasteiger partial charge is 0.496 e. The molecule has 156 valence electrons. The highest BCUT2D eigenvalue weighted by molar-refractivity contribution is 9.10. The average Bonchev–Trinajstić information content (AvgIpc) is 2.62. The maximum absolute atomic E-state index is 11.5. The standard InChI is InChI=1S/C15H23BrN2O7.C2H6/c1-8(2)13(19)17-7-18-15(22,23)14(20,21)9-5-12(25-4)10(16)6-11(9)24-3;1-2/h5-6,8,18,20-23H,7H2,1-4H3,(H,17,19);1-2H3. The first-order valence-electron chi connectivity index (χ1n) is 8.32. The number of hydrogen-bond acceptors (Lipinski definition) is 8. The Bertz CT molecular complexity index is 622. The molecule has 0 saturated carbocycles. The summed E-state index contributed by atoms with van der Waals surface area (Å²) < 4.78 is 10.6. The molecule has 0 spiro atoms. The summed E-state index contributed by atoms with van der Waals surface area (Å²) >= 11 is 3.21. The number of aliphatic hydroxyl groups is 4. The van der Waals surface area contributed by atoms with Crippen LogP contribution in [0.5, 0.6) is 11.5 Å².